The molecule has 0 spiro atoms. The molecule has 0 aliphatic carbocycles. The van der Waals surface area contributed by atoms with Crippen molar-refractivity contribution in [3.05, 3.63) is 75.7 Å². The molecule has 2 heterocycles. The number of benzene rings is 2. The van der Waals surface area contributed by atoms with Gasteiger partial charge in [0, 0.05) is 28.3 Å². The molecule has 1 aromatic heterocycles. The van der Waals surface area contributed by atoms with E-state index in [1.54, 1.807) is 4.90 Å². The highest BCUT2D eigenvalue weighted by Gasteiger charge is 2.31. The lowest BCUT2D eigenvalue weighted by Gasteiger charge is -2.09. The van der Waals surface area contributed by atoms with Gasteiger partial charge in [-0.1, -0.05) is 70.2 Å². The summed E-state index contributed by atoms with van der Waals surface area (Å²) in [5.41, 5.74) is 3.64. The second-order valence-electron chi connectivity index (χ2n) is 6.15. The Bertz CT molecular complexity index is 1070. The summed E-state index contributed by atoms with van der Waals surface area (Å²) < 4.78 is 3.44. The molecule has 28 heavy (non-hydrogen) atoms. The summed E-state index contributed by atoms with van der Waals surface area (Å²) in [5, 5.41) is 4.80. The van der Waals surface area contributed by atoms with Gasteiger partial charge in [0.1, 0.15) is 4.32 Å². The fraction of sp³-hybridized carbons (Fsp3) is 0.0952. The SMILES string of the molecule is CCN1C(=O)C(=Cc2cn(-c3ccccc3)nc2-c2ccc(Br)cc2)SC1=S. The fourth-order valence-corrected chi connectivity index (χ4v) is 4.59. The van der Waals surface area contributed by atoms with Gasteiger partial charge in [0.25, 0.3) is 5.91 Å². The topological polar surface area (TPSA) is 38.1 Å². The van der Waals surface area contributed by atoms with Crippen molar-refractivity contribution < 1.29 is 4.79 Å². The average molecular weight is 470 g/mol. The molecule has 1 saturated heterocycles. The number of halogens is 1. The van der Waals surface area contributed by atoms with E-state index in [9.17, 15) is 4.79 Å². The Morgan fingerprint density at radius 1 is 1.14 bits per heavy atom. The molecule has 1 aliphatic heterocycles. The standard InChI is InChI=1S/C21H16BrN3OS2/c1-2-24-20(26)18(28-21(24)27)12-15-13-25(17-6-4-3-5-7-17)23-19(15)14-8-10-16(22)11-9-14/h3-13H,2H2,1H3. The summed E-state index contributed by atoms with van der Waals surface area (Å²) in [6.45, 7) is 2.50. The minimum atomic E-state index is -0.0493. The molecule has 1 amide bonds. The number of hydrogen-bond acceptors (Lipinski definition) is 4. The van der Waals surface area contributed by atoms with Crippen LogP contribution in [0, 0.1) is 0 Å². The van der Waals surface area contributed by atoms with Crippen LogP contribution in [-0.4, -0.2) is 31.5 Å². The van der Waals surface area contributed by atoms with Gasteiger partial charge in [0.15, 0.2) is 0 Å². The first-order valence-corrected chi connectivity index (χ1v) is 10.7. The maximum absolute atomic E-state index is 12.6. The number of thiocarbonyl (C=S) groups is 1. The molecule has 0 N–H and O–H groups in total. The molecular weight excluding hydrogens is 454 g/mol. The molecule has 0 bridgehead atoms. The second kappa shape index (κ2) is 8.03. The number of carbonyl (C=O) groups excluding carboxylic acids is 1. The van der Waals surface area contributed by atoms with Gasteiger partial charge in [0.05, 0.1) is 16.3 Å². The van der Waals surface area contributed by atoms with E-state index in [0.717, 1.165) is 27.0 Å². The summed E-state index contributed by atoms with van der Waals surface area (Å²) in [4.78, 5) is 14.9. The molecule has 4 rings (SSSR count). The first kappa shape index (κ1) is 19.1. The number of rotatable bonds is 4. The van der Waals surface area contributed by atoms with Crippen molar-refractivity contribution in [1.82, 2.24) is 14.7 Å². The molecule has 0 atom stereocenters. The van der Waals surface area contributed by atoms with E-state index in [4.69, 9.17) is 17.3 Å². The lowest BCUT2D eigenvalue weighted by molar-refractivity contribution is -0.121. The molecule has 140 valence electrons. The Morgan fingerprint density at radius 3 is 2.50 bits per heavy atom. The van der Waals surface area contributed by atoms with Crippen LogP contribution in [-0.2, 0) is 4.79 Å². The summed E-state index contributed by atoms with van der Waals surface area (Å²) in [7, 11) is 0. The van der Waals surface area contributed by atoms with Gasteiger partial charge < -0.3 is 0 Å². The number of hydrogen-bond donors (Lipinski definition) is 0. The third-order valence-corrected chi connectivity index (χ3v) is 6.26. The molecule has 0 radical (unpaired) electrons. The van der Waals surface area contributed by atoms with E-state index in [0.29, 0.717) is 15.8 Å². The third-order valence-electron chi connectivity index (χ3n) is 4.36. The van der Waals surface area contributed by atoms with Crippen LogP contribution in [0.25, 0.3) is 23.0 Å². The van der Waals surface area contributed by atoms with Gasteiger partial charge in [-0.3, -0.25) is 9.69 Å². The fourth-order valence-electron chi connectivity index (χ4n) is 2.95. The number of nitrogens with zero attached hydrogens (tertiary/aromatic N) is 3. The quantitative estimate of drug-likeness (QED) is 0.372. The van der Waals surface area contributed by atoms with Crippen LogP contribution in [0.15, 0.2) is 70.2 Å². The smallest absolute Gasteiger partial charge is 0.266 e. The monoisotopic (exact) mass is 469 g/mol. The van der Waals surface area contributed by atoms with E-state index in [1.807, 2.05) is 78.5 Å². The van der Waals surface area contributed by atoms with Crippen LogP contribution >= 0.6 is 39.9 Å². The zero-order chi connectivity index (χ0) is 19.7. The zero-order valence-electron chi connectivity index (χ0n) is 15.0. The normalized spacial score (nSPS) is 15.6. The van der Waals surface area contributed by atoms with Crippen LogP contribution < -0.4 is 0 Å². The Kier molecular flexibility index (Phi) is 5.48. The van der Waals surface area contributed by atoms with Crippen molar-refractivity contribution in [3.63, 3.8) is 0 Å². The molecule has 0 unspecified atom stereocenters. The van der Waals surface area contributed by atoms with Crippen LogP contribution in [0.5, 0.6) is 0 Å². The molecule has 1 fully saturated rings. The van der Waals surface area contributed by atoms with Crippen LogP contribution in [0.4, 0.5) is 0 Å². The van der Waals surface area contributed by atoms with Crippen LogP contribution in [0.3, 0.4) is 0 Å². The highest BCUT2D eigenvalue weighted by atomic mass is 79.9. The Labute approximate surface area is 181 Å². The summed E-state index contributed by atoms with van der Waals surface area (Å²) in [6, 6.07) is 17.9. The van der Waals surface area contributed by atoms with Crippen LogP contribution in [0.2, 0.25) is 0 Å². The van der Waals surface area contributed by atoms with Crippen molar-refractivity contribution in [2.24, 2.45) is 0 Å². The van der Waals surface area contributed by atoms with E-state index >= 15 is 0 Å². The minimum absolute atomic E-state index is 0.0493. The molecule has 1 aliphatic rings. The molecular formula is C21H16BrN3OS2. The molecule has 2 aromatic carbocycles. The summed E-state index contributed by atoms with van der Waals surface area (Å²) in [6.07, 6.45) is 3.84. The van der Waals surface area contributed by atoms with Gasteiger partial charge >= 0.3 is 0 Å². The first-order valence-electron chi connectivity index (χ1n) is 8.73. The van der Waals surface area contributed by atoms with Gasteiger partial charge in [-0.15, -0.1) is 0 Å². The van der Waals surface area contributed by atoms with Gasteiger partial charge in [-0.2, -0.15) is 5.10 Å². The third kappa shape index (κ3) is 3.70. The Balaban J connectivity index is 1.82. The van der Waals surface area contributed by atoms with Gasteiger partial charge in [-0.25, -0.2) is 4.68 Å². The molecule has 3 aromatic rings. The highest BCUT2D eigenvalue weighted by molar-refractivity contribution is 9.10. The largest absolute Gasteiger partial charge is 0.293 e. The zero-order valence-corrected chi connectivity index (χ0v) is 18.2. The molecule has 0 saturated carbocycles. The minimum Gasteiger partial charge on any atom is -0.293 e. The van der Waals surface area contributed by atoms with Crippen molar-refractivity contribution in [3.8, 4) is 16.9 Å². The summed E-state index contributed by atoms with van der Waals surface area (Å²) >= 11 is 10.1. The van der Waals surface area contributed by atoms with E-state index in [1.165, 1.54) is 11.8 Å². The van der Waals surface area contributed by atoms with E-state index in [2.05, 4.69) is 15.9 Å². The molecule has 7 heteroatoms. The summed E-state index contributed by atoms with van der Waals surface area (Å²) in [5.74, 6) is -0.0493. The second-order valence-corrected chi connectivity index (χ2v) is 8.74. The molecule has 4 nitrogen and oxygen atoms in total. The Hall–Kier alpha value is -2.22. The number of likely N-dealkylation sites (N-methyl/N-ethyl adjacent to an activating group) is 1. The number of carbonyl (C=O) groups is 1. The van der Waals surface area contributed by atoms with Gasteiger partial charge in [0.2, 0.25) is 0 Å². The number of amides is 1. The predicted octanol–water partition coefficient (Wildman–Crippen LogP) is 5.52. The number of aromatic nitrogens is 2. The maximum Gasteiger partial charge on any atom is 0.266 e. The lowest BCUT2D eigenvalue weighted by Crippen LogP contribution is -2.27. The van der Waals surface area contributed by atoms with E-state index in [-0.39, 0.29) is 5.91 Å². The van der Waals surface area contributed by atoms with Crippen molar-refractivity contribution in [2.45, 2.75) is 6.92 Å². The van der Waals surface area contributed by atoms with Crippen molar-refractivity contribution in [2.75, 3.05) is 6.54 Å². The maximum atomic E-state index is 12.6. The number of para-hydroxylation sites is 1. The predicted molar refractivity (Wildman–Crippen MR) is 122 cm³/mol. The van der Waals surface area contributed by atoms with Gasteiger partial charge in [-0.05, 0) is 37.3 Å². The number of thioether (sulfide) groups is 1. The van der Waals surface area contributed by atoms with Crippen molar-refractivity contribution in [1.29, 1.82) is 0 Å². The van der Waals surface area contributed by atoms with E-state index < -0.39 is 0 Å². The first-order chi connectivity index (χ1) is 13.6. The highest BCUT2D eigenvalue weighted by Crippen LogP contribution is 2.34. The van der Waals surface area contributed by atoms with Crippen molar-refractivity contribution >= 4 is 56.2 Å². The van der Waals surface area contributed by atoms with Crippen LogP contribution in [0.1, 0.15) is 12.5 Å². The average Bonchev–Trinajstić information content (AvgIpc) is 3.24. The lowest BCUT2D eigenvalue weighted by atomic mass is 10.1. The Morgan fingerprint density at radius 2 is 1.86 bits per heavy atom.